The first-order valence-electron chi connectivity index (χ1n) is 9.57. The van der Waals surface area contributed by atoms with E-state index in [0.717, 1.165) is 0 Å². The molecule has 0 saturated heterocycles. The van der Waals surface area contributed by atoms with Crippen LogP contribution in [0.25, 0.3) is 0 Å². The molecule has 9 nitrogen and oxygen atoms in total. The summed E-state index contributed by atoms with van der Waals surface area (Å²) in [5.41, 5.74) is 0. The van der Waals surface area contributed by atoms with Crippen LogP contribution in [0, 0.1) is 0 Å². The van der Waals surface area contributed by atoms with Crippen molar-refractivity contribution < 1.29 is 41.0 Å². The molecule has 0 rings (SSSR count). The molecule has 0 bridgehead atoms. The summed E-state index contributed by atoms with van der Waals surface area (Å²) in [6.07, 6.45) is -2.21. The van der Waals surface area contributed by atoms with E-state index in [4.69, 9.17) is 78.3 Å². The van der Waals surface area contributed by atoms with Crippen molar-refractivity contribution in [2.45, 2.75) is 52.1 Å². The van der Waals surface area contributed by atoms with Gasteiger partial charge in [0.1, 0.15) is 0 Å². The maximum absolute atomic E-state index is 12.7. The molecule has 0 aliphatic heterocycles. The highest BCUT2D eigenvalue weighted by atomic mass is 35.5. The zero-order valence-corrected chi connectivity index (χ0v) is 22.9. The molecule has 0 aromatic carbocycles. The number of alkyl halides is 4. The standard InChI is InChI=1S/C16H32Cl4O9P2/c1-13(9-17)26-30(21,27-14(2)10-18)24-7-5-23-6-8-25-31(22,28-15(3)11-19)29-16(4)12-20/h13-16H,5-12H2,1-4H3. The van der Waals surface area contributed by atoms with Gasteiger partial charge in [-0.15, -0.1) is 46.4 Å². The Morgan fingerprint density at radius 3 is 1.03 bits per heavy atom. The molecule has 4 unspecified atom stereocenters. The van der Waals surface area contributed by atoms with Crippen molar-refractivity contribution in [3.05, 3.63) is 0 Å². The van der Waals surface area contributed by atoms with Gasteiger partial charge in [-0.05, 0) is 27.7 Å². The number of rotatable bonds is 20. The lowest BCUT2D eigenvalue weighted by molar-refractivity contribution is 0.0261. The van der Waals surface area contributed by atoms with E-state index >= 15 is 0 Å². The van der Waals surface area contributed by atoms with Gasteiger partial charge in [-0.2, -0.15) is 0 Å². The molecule has 0 aliphatic carbocycles. The Bertz CT molecular complexity index is 483. The van der Waals surface area contributed by atoms with Gasteiger partial charge < -0.3 is 4.74 Å². The van der Waals surface area contributed by atoms with Crippen molar-refractivity contribution in [3.63, 3.8) is 0 Å². The van der Waals surface area contributed by atoms with Gasteiger partial charge in [-0.1, -0.05) is 0 Å². The second kappa shape index (κ2) is 17.7. The molecule has 0 aromatic rings. The van der Waals surface area contributed by atoms with Gasteiger partial charge in [0, 0.05) is 23.5 Å². The molecule has 0 aromatic heterocycles. The quantitative estimate of drug-likeness (QED) is 0.101. The van der Waals surface area contributed by atoms with Crippen LogP contribution in [0.3, 0.4) is 0 Å². The summed E-state index contributed by atoms with van der Waals surface area (Å²) in [7, 11) is -7.75. The minimum atomic E-state index is -3.88. The Balaban J connectivity index is 4.46. The zero-order chi connectivity index (χ0) is 23.9. The molecule has 0 amide bonds. The Morgan fingerprint density at radius 2 is 0.806 bits per heavy atom. The van der Waals surface area contributed by atoms with Gasteiger partial charge in [-0.3, -0.25) is 27.1 Å². The number of phosphoric ester groups is 2. The van der Waals surface area contributed by atoms with E-state index in [0.29, 0.717) is 0 Å². The summed E-state index contributed by atoms with van der Waals surface area (Å²) in [6.45, 7) is 6.39. The number of hydrogen-bond donors (Lipinski definition) is 0. The SMILES string of the molecule is CC(CCl)OP(=O)(OCCOCCOP(=O)(OC(C)CCl)OC(C)CCl)OC(C)CCl. The van der Waals surface area contributed by atoms with E-state index in [9.17, 15) is 9.13 Å². The molecular weight excluding hydrogens is 540 g/mol. The molecule has 188 valence electrons. The smallest absolute Gasteiger partial charge is 0.377 e. The molecule has 0 radical (unpaired) electrons. The first-order valence-corrected chi connectivity index (χ1v) is 14.6. The lowest BCUT2D eigenvalue weighted by atomic mass is 10.5. The normalized spacial score (nSPS) is 19.9. The molecule has 4 atom stereocenters. The average molecular weight is 572 g/mol. The van der Waals surface area contributed by atoms with Crippen molar-refractivity contribution in [3.8, 4) is 0 Å². The third kappa shape index (κ3) is 15.8. The van der Waals surface area contributed by atoms with E-state index in [1.165, 1.54) is 0 Å². The van der Waals surface area contributed by atoms with E-state index < -0.39 is 40.1 Å². The van der Waals surface area contributed by atoms with Gasteiger partial charge in [0.2, 0.25) is 0 Å². The Labute approximate surface area is 204 Å². The summed E-state index contributed by atoms with van der Waals surface area (Å²) in [5, 5.41) is 0. The Morgan fingerprint density at radius 1 is 0.548 bits per heavy atom. The topological polar surface area (TPSA) is 98.8 Å². The van der Waals surface area contributed by atoms with Crippen LogP contribution < -0.4 is 0 Å². The Hall–Kier alpha value is 1.34. The minimum Gasteiger partial charge on any atom is -0.377 e. The van der Waals surface area contributed by atoms with Crippen molar-refractivity contribution in [2.75, 3.05) is 49.9 Å². The van der Waals surface area contributed by atoms with Gasteiger partial charge in [0.15, 0.2) is 0 Å². The summed E-state index contributed by atoms with van der Waals surface area (Å²) in [6, 6.07) is 0. The van der Waals surface area contributed by atoms with Crippen LogP contribution in [0.2, 0.25) is 0 Å². The molecule has 0 heterocycles. The lowest BCUT2D eigenvalue weighted by Gasteiger charge is -2.23. The van der Waals surface area contributed by atoms with E-state index in [2.05, 4.69) is 0 Å². The largest absolute Gasteiger partial charge is 0.475 e. The summed E-state index contributed by atoms with van der Waals surface area (Å²) in [4.78, 5) is 0. The predicted molar refractivity (Wildman–Crippen MR) is 123 cm³/mol. The maximum atomic E-state index is 12.7. The van der Waals surface area contributed by atoms with Crippen molar-refractivity contribution >= 4 is 62.0 Å². The minimum absolute atomic E-state index is 0.0345. The number of halogens is 4. The molecule has 15 heteroatoms. The van der Waals surface area contributed by atoms with E-state index in [1.807, 2.05) is 0 Å². The van der Waals surface area contributed by atoms with Gasteiger partial charge in [0.05, 0.1) is 50.8 Å². The molecule has 0 saturated carbocycles. The van der Waals surface area contributed by atoms with Crippen LogP contribution in [0.5, 0.6) is 0 Å². The predicted octanol–water partition coefficient (Wildman–Crippen LogP) is 5.83. The lowest BCUT2D eigenvalue weighted by Crippen LogP contribution is -2.18. The van der Waals surface area contributed by atoms with E-state index in [1.54, 1.807) is 27.7 Å². The monoisotopic (exact) mass is 570 g/mol. The van der Waals surface area contributed by atoms with Crippen molar-refractivity contribution in [1.82, 2.24) is 0 Å². The van der Waals surface area contributed by atoms with Crippen LogP contribution in [0.4, 0.5) is 0 Å². The molecule has 0 spiro atoms. The van der Waals surface area contributed by atoms with Crippen LogP contribution >= 0.6 is 62.0 Å². The molecular formula is C16H32Cl4O9P2. The third-order valence-electron chi connectivity index (χ3n) is 3.06. The first-order chi connectivity index (χ1) is 14.5. The van der Waals surface area contributed by atoms with Crippen LogP contribution in [0.15, 0.2) is 0 Å². The van der Waals surface area contributed by atoms with Crippen LogP contribution in [0.1, 0.15) is 27.7 Å². The highest BCUT2D eigenvalue weighted by Gasteiger charge is 2.32. The molecule has 0 fully saturated rings. The first kappa shape index (κ1) is 32.3. The fourth-order valence-electron chi connectivity index (χ4n) is 1.68. The van der Waals surface area contributed by atoms with E-state index in [-0.39, 0.29) is 49.9 Å². The maximum Gasteiger partial charge on any atom is 0.475 e. The third-order valence-corrected chi connectivity index (χ3v) is 8.27. The second-order valence-corrected chi connectivity index (χ2v) is 10.8. The average Bonchev–Trinajstić information content (AvgIpc) is 2.72. The van der Waals surface area contributed by atoms with Gasteiger partial charge >= 0.3 is 15.6 Å². The number of phosphoric acid groups is 2. The van der Waals surface area contributed by atoms with Crippen molar-refractivity contribution in [2.24, 2.45) is 0 Å². The fraction of sp³-hybridized carbons (Fsp3) is 1.00. The molecule has 0 N–H and O–H groups in total. The van der Waals surface area contributed by atoms with Gasteiger partial charge in [-0.25, -0.2) is 9.13 Å². The summed E-state index contributed by atoms with van der Waals surface area (Å²) < 4.78 is 62.3. The molecule has 0 aliphatic rings. The molecule has 31 heavy (non-hydrogen) atoms. The second-order valence-electron chi connectivity index (χ2n) is 6.45. The van der Waals surface area contributed by atoms with Gasteiger partial charge in [0.25, 0.3) is 0 Å². The summed E-state index contributed by atoms with van der Waals surface area (Å²) >= 11 is 22.7. The van der Waals surface area contributed by atoms with Crippen LogP contribution in [-0.2, 0) is 41.0 Å². The van der Waals surface area contributed by atoms with Crippen LogP contribution in [-0.4, -0.2) is 74.4 Å². The highest BCUT2D eigenvalue weighted by molar-refractivity contribution is 7.48. The van der Waals surface area contributed by atoms with Crippen molar-refractivity contribution in [1.29, 1.82) is 0 Å². The Kier molecular flexibility index (Phi) is 18.5. The highest BCUT2D eigenvalue weighted by Crippen LogP contribution is 2.52. The number of ether oxygens (including phenoxy) is 1. The summed E-state index contributed by atoms with van der Waals surface area (Å²) in [5.74, 6) is 0.423. The zero-order valence-electron chi connectivity index (χ0n) is 18.0. The number of hydrogen-bond acceptors (Lipinski definition) is 9. The fourth-order valence-corrected chi connectivity index (χ4v) is 5.29.